The summed E-state index contributed by atoms with van der Waals surface area (Å²) in [7, 11) is 4.81. The average molecular weight is 263 g/mol. The Morgan fingerprint density at radius 1 is 1.00 bits per heavy atom. The Morgan fingerprint density at radius 3 is 1.47 bits per heavy atom. The molecule has 0 unspecified atom stereocenters. The third-order valence-electron chi connectivity index (χ3n) is 1.17. The van der Waals surface area contributed by atoms with E-state index in [9.17, 15) is 0 Å². The van der Waals surface area contributed by atoms with E-state index in [1.165, 1.54) is 0 Å². The van der Waals surface area contributed by atoms with Gasteiger partial charge in [0, 0.05) is 21.4 Å². The number of nitriles is 2. The summed E-state index contributed by atoms with van der Waals surface area (Å²) in [5.74, 6) is 0. The molecule has 0 fully saturated rings. The Balaban J connectivity index is 0.000000336. The van der Waals surface area contributed by atoms with Crippen LogP contribution in [0.4, 0.5) is 0 Å². The largest absolute Gasteiger partial charge is 0.317 e. The topological polar surface area (TPSA) is 81.7 Å². The van der Waals surface area contributed by atoms with E-state index in [1.54, 1.807) is 24.3 Å². The van der Waals surface area contributed by atoms with E-state index in [-0.39, 0.29) is 0 Å². The van der Waals surface area contributed by atoms with Gasteiger partial charge in [-0.2, -0.15) is 18.9 Å². The molecule has 0 aliphatic rings. The summed E-state index contributed by atoms with van der Waals surface area (Å²) in [5.41, 5.74) is 0.870. The highest BCUT2D eigenvalue weighted by Gasteiger charge is 1.95. The van der Waals surface area contributed by atoms with Crippen LogP contribution in [0.15, 0.2) is 24.3 Å². The number of rotatable bonds is 0. The van der Waals surface area contributed by atoms with Crippen LogP contribution in [0.1, 0.15) is 11.1 Å². The molecule has 78 valence electrons. The number of benzene rings is 1. The molecule has 0 bridgehead atoms. The Morgan fingerprint density at radius 2 is 1.27 bits per heavy atom. The third kappa shape index (κ3) is 7.77. The van der Waals surface area contributed by atoms with Crippen molar-refractivity contribution in [3.63, 3.8) is 0 Å². The van der Waals surface area contributed by atoms with Gasteiger partial charge in [-0.05, 0) is 12.1 Å². The predicted octanol–water partition coefficient (Wildman–Crippen LogP) is 2.14. The van der Waals surface area contributed by atoms with Crippen molar-refractivity contribution in [3.05, 3.63) is 35.4 Å². The summed E-state index contributed by atoms with van der Waals surface area (Å²) < 4.78 is 18.3. The van der Waals surface area contributed by atoms with Gasteiger partial charge in [0.1, 0.15) is 12.1 Å². The van der Waals surface area contributed by atoms with E-state index in [1.807, 2.05) is 12.1 Å². The second kappa shape index (κ2) is 6.26. The lowest BCUT2D eigenvalue weighted by Gasteiger charge is -1.88. The maximum Gasteiger partial charge on any atom is 0.317 e. The summed E-state index contributed by atoms with van der Waals surface area (Å²) in [4.78, 5) is 0. The van der Waals surface area contributed by atoms with E-state index in [0.717, 1.165) is 0 Å². The van der Waals surface area contributed by atoms with Crippen LogP contribution in [0.25, 0.3) is 0 Å². The first kappa shape index (κ1) is 13.7. The highest BCUT2D eigenvalue weighted by molar-refractivity contribution is 8.31. The second-order valence-corrected chi connectivity index (χ2v) is 5.82. The van der Waals surface area contributed by atoms with Gasteiger partial charge in [0.05, 0.1) is 11.1 Å². The molecule has 15 heavy (non-hydrogen) atoms. The normalized spacial score (nSPS) is 9.07. The molecule has 0 heterocycles. The van der Waals surface area contributed by atoms with Gasteiger partial charge in [-0.15, -0.1) is 0 Å². The zero-order valence-corrected chi connectivity index (χ0v) is 9.51. The van der Waals surface area contributed by atoms with Crippen LogP contribution >= 0.6 is 21.4 Å². The van der Waals surface area contributed by atoms with Crippen LogP contribution in [-0.2, 0) is 8.26 Å². The highest BCUT2D eigenvalue weighted by Crippen LogP contribution is 2.03. The van der Waals surface area contributed by atoms with Crippen LogP contribution in [0.5, 0.6) is 0 Å². The average Bonchev–Trinajstić information content (AvgIpc) is 2.15. The number of hydrogen-bond donors (Lipinski definition) is 0. The van der Waals surface area contributed by atoms with Crippen molar-refractivity contribution < 1.29 is 8.42 Å². The highest BCUT2D eigenvalue weighted by atomic mass is 36.0. The Labute approximate surface area is 96.2 Å². The van der Waals surface area contributed by atoms with Crippen LogP contribution in [-0.4, -0.2) is 8.42 Å². The summed E-state index contributed by atoms with van der Waals surface area (Å²) in [6.45, 7) is 0. The van der Waals surface area contributed by atoms with Crippen molar-refractivity contribution in [1.29, 1.82) is 10.5 Å². The molecule has 1 aromatic carbocycles. The van der Waals surface area contributed by atoms with Gasteiger partial charge < -0.3 is 0 Å². The minimum absolute atomic E-state index is 0.435. The lowest BCUT2D eigenvalue weighted by Crippen LogP contribution is -1.79. The molecule has 0 aliphatic carbocycles. The lowest BCUT2D eigenvalue weighted by atomic mass is 10.1. The van der Waals surface area contributed by atoms with Crippen molar-refractivity contribution in [3.8, 4) is 12.1 Å². The van der Waals surface area contributed by atoms with Gasteiger partial charge in [0.2, 0.25) is 0 Å². The van der Waals surface area contributed by atoms with E-state index in [0.29, 0.717) is 11.1 Å². The van der Waals surface area contributed by atoms with Crippen molar-refractivity contribution in [2.75, 3.05) is 0 Å². The molecule has 0 amide bonds. The lowest BCUT2D eigenvalue weighted by molar-refractivity contribution is 0.621. The molecule has 0 saturated carbocycles. The molecular weight excluding hydrogens is 259 g/mol. The third-order valence-corrected chi connectivity index (χ3v) is 1.17. The predicted molar refractivity (Wildman–Crippen MR) is 56.5 cm³/mol. The van der Waals surface area contributed by atoms with Gasteiger partial charge in [0.15, 0.2) is 0 Å². The first-order valence-corrected chi connectivity index (χ1v) is 6.55. The minimum Gasteiger partial charge on any atom is -0.195 e. The molecule has 4 nitrogen and oxygen atoms in total. The van der Waals surface area contributed by atoms with Crippen LogP contribution in [0.3, 0.4) is 0 Å². The maximum absolute atomic E-state index is 9.16. The Hall–Kier alpha value is -1.27. The molecular formula is C8H4Cl2N2O2S. The summed E-state index contributed by atoms with van der Waals surface area (Å²) in [6.07, 6.45) is 0. The van der Waals surface area contributed by atoms with E-state index < -0.39 is 8.26 Å². The van der Waals surface area contributed by atoms with Gasteiger partial charge >= 0.3 is 8.26 Å². The van der Waals surface area contributed by atoms with E-state index in [4.69, 9.17) is 18.9 Å². The molecule has 0 radical (unpaired) electrons. The second-order valence-electron chi connectivity index (χ2n) is 2.15. The molecule has 0 aromatic heterocycles. The Bertz CT molecular complexity index is 473. The molecule has 0 aliphatic heterocycles. The van der Waals surface area contributed by atoms with Gasteiger partial charge in [-0.3, -0.25) is 0 Å². The summed E-state index contributed by atoms with van der Waals surface area (Å²) >= 11 is 0. The van der Waals surface area contributed by atoms with Crippen molar-refractivity contribution in [2.24, 2.45) is 0 Å². The SMILES string of the molecule is N#Cc1ccccc1C#N.O=S(=O)(Cl)Cl. The smallest absolute Gasteiger partial charge is 0.195 e. The fourth-order valence-electron chi connectivity index (χ4n) is 0.678. The standard InChI is InChI=1S/C8H4N2.Cl2O2S/c9-5-7-3-1-2-4-8(7)6-10;1-5(2,3)4/h1-4H;. The zero-order valence-electron chi connectivity index (χ0n) is 7.18. The molecule has 0 saturated heterocycles. The molecule has 7 heteroatoms. The molecule has 1 aromatic rings. The van der Waals surface area contributed by atoms with Crippen molar-refractivity contribution in [1.82, 2.24) is 0 Å². The number of hydrogen-bond acceptors (Lipinski definition) is 4. The van der Waals surface area contributed by atoms with E-state index in [2.05, 4.69) is 21.4 Å². The van der Waals surface area contributed by atoms with Crippen LogP contribution in [0.2, 0.25) is 0 Å². The molecule has 1 rings (SSSR count). The molecule has 0 N–H and O–H groups in total. The van der Waals surface area contributed by atoms with Gasteiger partial charge in [0.25, 0.3) is 0 Å². The molecule has 0 atom stereocenters. The van der Waals surface area contributed by atoms with Crippen molar-refractivity contribution >= 4 is 29.6 Å². The van der Waals surface area contributed by atoms with Crippen molar-refractivity contribution in [2.45, 2.75) is 0 Å². The summed E-state index contributed by atoms with van der Waals surface area (Å²) in [5, 5.41) is 16.9. The molecule has 0 spiro atoms. The quantitative estimate of drug-likeness (QED) is 0.671. The Kier molecular flexibility index (Phi) is 5.73. The maximum atomic E-state index is 9.16. The minimum atomic E-state index is -3.72. The van der Waals surface area contributed by atoms with Crippen LogP contribution < -0.4 is 0 Å². The van der Waals surface area contributed by atoms with Crippen LogP contribution in [0, 0.1) is 22.7 Å². The zero-order chi connectivity index (χ0) is 11.9. The monoisotopic (exact) mass is 262 g/mol. The van der Waals surface area contributed by atoms with Gasteiger partial charge in [-0.25, -0.2) is 0 Å². The van der Waals surface area contributed by atoms with E-state index >= 15 is 0 Å². The fourth-order valence-corrected chi connectivity index (χ4v) is 0.678. The summed E-state index contributed by atoms with van der Waals surface area (Å²) in [6, 6.07) is 10.6. The number of halogens is 2. The number of nitrogens with zero attached hydrogens (tertiary/aromatic N) is 2. The fraction of sp³-hybridized carbons (Fsp3) is 0. The first-order chi connectivity index (χ1) is 6.88. The van der Waals surface area contributed by atoms with Gasteiger partial charge in [-0.1, -0.05) is 12.1 Å². The first-order valence-electron chi connectivity index (χ1n) is 3.42.